The summed E-state index contributed by atoms with van der Waals surface area (Å²) >= 11 is 0. The Bertz CT molecular complexity index is 1240. The van der Waals surface area contributed by atoms with Crippen molar-refractivity contribution in [2.24, 2.45) is 0 Å². The molecule has 0 spiro atoms. The van der Waals surface area contributed by atoms with Crippen molar-refractivity contribution in [2.75, 3.05) is 0 Å². The average molecular weight is 398 g/mol. The lowest BCUT2D eigenvalue weighted by Crippen LogP contribution is -2.41. The molecule has 1 saturated heterocycles. The number of aryl methyl sites for hydroxylation is 1. The minimum Gasteiger partial charge on any atom is -0.319 e. The van der Waals surface area contributed by atoms with Crippen LogP contribution in [0.5, 0.6) is 0 Å². The number of hydrogen-bond donors (Lipinski definition) is 1. The number of imide groups is 1. The van der Waals surface area contributed by atoms with E-state index in [2.05, 4.69) is 10.3 Å². The molecule has 3 aromatic rings. The van der Waals surface area contributed by atoms with Crippen LogP contribution >= 0.6 is 0 Å². The van der Waals surface area contributed by atoms with Gasteiger partial charge in [-0.2, -0.15) is 0 Å². The maximum Gasteiger partial charge on any atom is 0.325 e. The fourth-order valence-corrected chi connectivity index (χ4v) is 3.40. The van der Waals surface area contributed by atoms with Crippen LogP contribution < -0.4 is 10.9 Å². The summed E-state index contributed by atoms with van der Waals surface area (Å²) in [7, 11) is 0. The minimum atomic E-state index is -1.56. The van der Waals surface area contributed by atoms with E-state index in [1.807, 2.05) is 0 Å². The number of fused-ring (bicyclic) bond motifs is 1. The highest BCUT2D eigenvalue weighted by molar-refractivity contribution is 6.07. The number of halogens is 2. The Morgan fingerprint density at radius 1 is 1.10 bits per heavy atom. The zero-order chi connectivity index (χ0) is 20.9. The van der Waals surface area contributed by atoms with Crippen LogP contribution in [0.1, 0.15) is 23.7 Å². The molecule has 4 rings (SSSR count). The van der Waals surface area contributed by atoms with Crippen molar-refractivity contribution in [3.63, 3.8) is 0 Å². The van der Waals surface area contributed by atoms with E-state index in [9.17, 15) is 23.2 Å². The number of benzene rings is 1. The van der Waals surface area contributed by atoms with Gasteiger partial charge in [0.15, 0.2) is 11.6 Å². The van der Waals surface area contributed by atoms with E-state index >= 15 is 0 Å². The molecule has 148 valence electrons. The SMILES string of the molecule is Cc1cccn2c(=O)cc(CN3C(=O)N[C@](C)(c4ccc(F)c(F)c4)C3=O)nc12. The second kappa shape index (κ2) is 6.47. The highest BCUT2D eigenvalue weighted by Gasteiger charge is 2.49. The Morgan fingerprint density at radius 3 is 2.59 bits per heavy atom. The molecule has 29 heavy (non-hydrogen) atoms. The van der Waals surface area contributed by atoms with Gasteiger partial charge in [0.1, 0.15) is 11.2 Å². The first-order chi connectivity index (χ1) is 13.7. The normalized spacial score (nSPS) is 19.1. The summed E-state index contributed by atoms with van der Waals surface area (Å²) in [4.78, 5) is 43.1. The highest BCUT2D eigenvalue weighted by atomic mass is 19.2. The predicted molar refractivity (Wildman–Crippen MR) is 99.0 cm³/mol. The molecule has 0 radical (unpaired) electrons. The van der Waals surface area contributed by atoms with Crippen molar-refractivity contribution >= 4 is 17.6 Å². The van der Waals surface area contributed by atoms with Crippen LogP contribution in [0.4, 0.5) is 13.6 Å². The van der Waals surface area contributed by atoms with E-state index in [0.717, 1.165) is 22.6 Å². The summed E-state index contributed by atoms with van der Waals surface area (Å²) < 4.78 is 28.3. The van der Waals surface area contributed by atoms with E-state index in [4.69, 9.17) is 0 Å². The molecule has 0 unspecified atom stereocenters. The van der Waals surface area contributed by atoms with Gasteiger partial charge in [-0.25, -0.2) is 18.6 Å². The molecule has 1 fully saturated rings. The molecule has 9 heteroatoms. The summed E-state index contributed by atoms with van der Waals surface area (Å²) in [5.74, 6) is -2.83. The molecule has 1 atom stereocenters. The number of nitrogens with zero attached hydrogens (tertiary/aromatic N) is 3. The third-order valence-electron chi connectivity index (χ3n) is 5.03. The number of carbonyl (C=O) groups excluding carboxylic acids is 2. The first-order valence-corrected chi connectivity index (χ1v) is 8.78. The average Bonchev–Trinajstić information content (AvgIpc) is 2.89. The van der Waals surface area contributed by atoms with Gasteiger partial charge in [0.05, 0.1) is 12.2 Å². The minimum absolute atomic E-state index is 0.111. The second-order valence-electron chi connectivity index (χ2n) is 7.05. The summed E-state index contributed by atoms with van der Waals surface area (Å²) in [5.41, 5.74) is -0.375. The van der Waals surface area contributed by atoms with Gasteiger partial charge >= 0.3 is 6.03 Å². The Kier molecular flexibility index (Phi) is 4.18. The Labute approximate surface area is 163 Å². The van der Waals surface area contributed by atoms with Gasteiger partial charge in [-0.1, -0.05) is 12.1 Å². The maximum atomic E-state index is 13.6. The molecule has 3 amide bonds. The Balaban J connectivity index is 1.70. The van der Waals surface area contributed by atoms with Crippen LogP contribution in [0, 0.1) is 18.6 Å². The fourth-order valence-electron chi connectivity index (χ4n) is 3.40. The number of amides is 3. The first-order valence-electron chi connectivity index (χ1n) is 8.78. The predicted octanol–water partition coefficient (Wildman–Crippen LogP) is 2.25. The van der Waals surface area contributed by atoms with Crippen LogP contribution in [0.2, 0.25) is 0 Å². The molecular formula is C20H16F2N4O3. The van der Waals surface area contributed by atoms with Crippen molar-refractivity contribution in [3.8, 4) is 0 Å². The van der Waals surface area contributed by atoms with E-state index in [0.29, 0.717) is 5.65 Å². The Hall–Kier alpha value is -3.62. The monoisotopic (exact) mass is 398 g/mol. The number of pyridine rings is 1. The smallest absolute Gasteiger partial charge is 0.319 e. The number of aromatic nitrogens is 2. The van der Waals surface area contributed by atoms with Gasteiger partial charge in [0, 0.05) is 12.3 Å². The molecule has 1 aliphatic heterocycles. The number of hydrogen-bond acceptors (Lipinski definition) is 4. The molecule has 1 aliphatic rings. The number of carbonyl (C=O) groups is 2. The van der Waals surface area contributed by atoms with Gasteiger partial charge in [-0.3, -0.25) is 18.9 Å². The van der Waals surface area contributed by atoms with Crippen molar-refractivity contribution in [2.45, 2.75) is 25.9 Å². The van der Waals surface area contributed by atoms with Crippen LogP contribution in [0.25, 0.3) is 5.65 Å². The van der Waals surface area contributed by atoms with Gasteiger partial charge in [-0.05, 0) is 43.2 Å². The number of urea groups is 1. The van der Waals surface area contributed by atoms with Gasteiger partial charge in [-0.15, -0.1) is 0 Å². The fraction of sp³-hybridized carbons (Fsp3) is 0.200. The first kappa shape index (κ1) is 18.7. The van der Waals surface area contributed by atoms with Gasteiger partial charge < -0.3 is 5.32 Å². The number of rotatable bonds is 3. The molecule has 7 nitrogen and oxygen atoms in total. The zero-order valence-electron chi connectivity index (χ0n) is 15.6. The summed E-state index contributed by atoms with van der Waals surface area (Å²) in [6.45, 7) is 2.97. The van der Waals surface area contributed by atoms with Crippen LogP contribution in [0.15, 0.2) is 47.4 Å². The maximum absolute atomic E-state index is 13.6. The number of nitrogens with one attached hydrogen (secondary N) is 1. The lowest BCUT2D eigenvalue weighted by Gasteiger charge is -2.22. The second-order valence-corrected chi connectivity index (χ2v) is 7.05. The Morgan fingerprint density at radius 2 is 1.86 bits per heavy atom. The lowest BCUT2D eigenvalue weighted by atomic mass is 9.92. The molecule has 3 heterocycles. The third-order valence-corrected chi connectivity index (χ3v) is 5.03. The van der Waals surface area contributed by atoms with Crippen molar-refractivity contribution in [1.82, 2.24) is 19.6 Å². The topological polar surface area (TPSA) is 83.8 Å². The van der Waals surface area contributed by atoms with Gasteiger partial charge in [0.25, 0.3) is 11.5 Å². The molecule has 0 saturated carbocycles. The lowest BCUT2D eigenvalue weighted by molar-refractivity contribution is -0.131. The van der Waals surface area contributed by atoms with Crippen molar-refractivity contribution in [1.29, 1.82) is 0 Å². The van der Waals surface area contributed by atoms with Crippen LogP contribution in [-0.4, -0.2) is 26.2 Å². The van der Waals surface area contributed by atoms with Crippen LogP contribution in [-0.2, 0) is 16.9 Å². The quantitative estimate of drug-likeness (QED) is 0.686. The molecule has 2 aromatic heterocycles. The largest absolute Gasteiger partial charge is 0.325 e. The summed E-state index contributed by atoms with van der Waals surface area (Å²) in [6, 6.07) is 7.06. The van der Waals surface area contributed by atoms with Crippen molar-refractivity contribution in [3.05, 3.63) is 81.4 Å². The van der Waals surface area contributed by atoms with E-state index in [1.165, 1.54) is 23.5 Å². The van der Waals surface area contributed by atoms with Gasteiger partial charge in [0.2, 0.25) is 0 Å². The van der Waals surface area contributed by atoms with E-state index in [1.54, 1.807) is 25.3 Å². The molecule has 0 bridgehead atoms. The van der Waals surface area contributed by atoms with E-state index < -0.39 is 29.1 Å². The molecule has 1 aromatic carbocycles. The summed E-state index contributed by atoms with van der Waals surface area (Å²) in [6.07, 6.45) is 1.58. The van der Waals surface area contributed by atoms with Crippen molar-refractivity contribution < 1.29 is 18.4 Å². The van der Waals surface area contributed by atoms with E-state index in [-0.39, 0.29) is 23.4 Å². The molecule has 0 aliphatic carbocycles. The third kappa shape index (κ3) is 2.95. The highest BCUT2D eigenvalue weighted by Crippen LogP contribution is 2.30. The standard InChI is InChI=1S/C20H16F2N4O3/c1-11-4-3-7-25-16(27)9-13(23-17(11)25)10-26-18(28)20(2,24-19(26)29)12-5-6-14(21)15(22)8-12/h3-9H,10H2,1-2H3,(H,24,29)/t20-/m1/s1. The summed E-state index contributed by atoms with van der Waals surface area (Å²) in [5, 5.41) is 2.51. The molecular weight excluding hydrogens is 382 g/mol. The van der Waals surface area contributed by atoms with Crippen LogP contribution in [0.3, 0.4) is 0 Å². The molecule has 1 N–H and O–H groups in total. The zero-order valence-corrected chi connectivity index (χ0v) is 15.6.